The van der Waals surface area contributed by atoms with Crippen molar-refractivity contribution in [1.82, 2.24) is 34.3 Å². The summed E-state index contributed by atoms with van der Waals surface area (Å²) >= 11 is 6.41. The zero-order chi connectivity index (χ0) is 21.4. The number of aryl methyl sites for hydroxylation is 1. The van der Waals surface area contributed by atoms with E-state index in [1.54, 1.807) is 10.9 Å². The smallest absolute Gasteiger partial charge is 0.275 e. The van der Waals surface area contributed by atoms with E-state index in [2.05, 4.69) is 20.4 Å². The van der Waals surface area contributed by atoms with E-state index in [9.17, 15) is 4.79 Å². The maximum absolute atomic E-state index is 12.7. The summed E-state index contributed by atoms with van der Waals surface area (Å²) in [6.07, 6.45) is 3.30. The van der Waals surface area contributed by atoms with Gasteiger partial charge in [-0.3, -0.25) is 4.57 Å². The monoisotopic (exact) mass is 431 g/mol. The number of fused-ring (bicyclic) bond motifs is 1. The van der Waals surface area contributed by atoms with Crippen molar-refractivity contribution < 1.29 is 0 Å². The number of benzene rings is 2. The second kappa shape index (κ2) is 7.81. The first-order valence-electron chi connectivity index (χ1n) is 9.72. The molecule has 0 saturated carbocycles. The minimum Gasteiger partial charge on any atom is -0.275 e. The van der Waals surface area contributed by atoms with E-state index in [0.717, 1.165) is 22.0 Å². The van der Waals surface area contributed by atoms with Crippen LogP contribution in [0.15, 0.2) is 71.9 Å². The molecule has 0 aliphatic heterocycles. The largest absolute Gasteiger partial charge is 0.350 e. The maximum Gasteiger partial charge on any atom is 0.350 e. The third-order valence-corrected chi connectivity index (χ3v) is 5.39. The van der Waals surface area contributed by atoms with Gasteiger partial charge in [0.15, 0.2) is 0 Å². The standard InChI is InChI=1S/C22H18ClN7O/c1-15-6-5-7-16-10-17(21(23)25-20(15)16)11-29-13-18(26-27-29)12-28-14-24-30(22(28)31)19-8-3-2-4-9-19/h2-10,13-14H,11-12H2,1H3. The molecule has 31 heavy (non-hydrogen) atoms. The Morgan fingerprint density at radius 3 is 2.71 bits per heavy atom. The van der Waals surface area contributed by atoms with Crippen molar-refractivity contribution in [2.45, 2.75) is 20.0 Å². The van der Waals surface area contributed by atoms with Gasteiger partial charge in [0.2, 0.25) is 0 Å². The molecule has 3 heterocycles. The van der Waals surface area contributed by atoms with Crippen LogP contribution in [0.2, 0.25) is 5.15 Å². The lowest BCUT2D eigenvalue weighted by Gasteiger charge is -2.07. The molecule has 154 valence electrons. The Hall–Kier alpha value is -3.78. The summed E-state index contributed by atoms with van der Waals surface area (Å²) in [4.78, 5) is 17.2. The third-order valence-electron chi connectivity index (χ3n) is 5.06. The Labute approximate surface area is 182 Å². The van der Waals surface area contributed by atoms with E-state index in [-0.39, 0.29) is 12.2 Å². The highest BCUT2D eigenvalue weighted by Gasteiger charge is 2.11. The molecule has 5 rings (SSSR count). The average Bonchev–Trinajstić information content (AvgIpc) is 3.37. The van der Waals surface area contributed by atoms with Crippen molar-refractivity contribution in [1.29, 1.82) is 0 Å². The summed E-state index contributed by atoms with van der Waals surface area (Å²) in [5, 5.41) is 14.0. The topological polar surface area (TPSA) is 83.4 Å². The third kappa shape index (κ3) is 3.73. The summed E-state index contributed by atoms with van der Waals surface area (Å²) in [7, 11) is 0. The molecule has 0 N–H and O–H groups in total. The Balaban J connectivity index is 1.37. The van der Waals surface area contributed by atoms with E-state index in [0.29, 0.717) is 23.1 Å². The van der Waals surface area contributed by atoms with Crippen molar-refractivity contribution in [3.63, 3.8) is 0 Å². The first-order chi connectivity index (χ1) is 15.1. The van der Waals surface area contributed by atoms with Crippen molar-refractivity contribution in [3.05, 3.63) is 99.6 Å². The Morgan fingerprint density at radius 2 is 1.87 bits per heavy atom. The van der Waals surface area contributed by atoms with Crippen LogP contribution in [0, 0.1) is 6.92 Å². The fourth-order valence-electron chi connectivity index (χ4n) is 3.51. The second-order valence-electron chi connectivity index (χ2n) is 7.28. The molecule has 0 radical (unpaired) electrons. The molecule has 5 aromatic rings. The van der Waals surface area contributed by atoms with E-state index < -0.39 is 0 Å². The average molecular weight is 432 g/mol. The van der Waals surface area contributed by atoms with Crippen LogP contribution >= 0.6 is 11.6 Å². The summed E-state index contributed by atoms with van der Waals surface area (Å²) in [5.74, 6) is 0. The fourth-order valence-corrected chi connectivity index (χ4v) is 3.70. The Bertz CT molecular complexity index is 1440. The maximum atomic E-state index is 12.7. The van der Waals surface area contributed by atoms with Gasteiger partial charge in [-0.05, 0) is 30.7 Å². The Kier molecular flexibility index (Phi) is 4.83. The first kappa shape index (κ1) is 19.2. The number of rotatable bonds is 5. The fraction of sp³-hybridized carbons (Fsp3) is 0.136. The van der Waals surface area contributed by atoms with Crippen LogP contribution in [-0.2, 0) is 13.1 Å². The molecule has 0 fully saturated rings. The highest BCUT2D eigenvalue weighted by Crippen LogP contribution is 2.23. The van der Waals surface area contributed by atoms with Gasteiger partial charge < -0.3 is 0 Å². The summed E-state index contributed by atoms with van der Waals surface area (Å²) in [5.41, 5.74) is 3.95. The lowest BCUT2D eigenvalue weighted by molar-refractivity contribution is 0.647. The van der Waals surface area contributed by atoms with Gasteiger partial charge in [0.05, 0.1) is 30.5 Å². The predicted molar refractivity (Wildman–Crippen MR) is 118 cm³/mol. The Morgan fingerprint density at radius 1 is 1.03 bits per heavy atom. The molecule has 0 amide bonds. The number of halogens is 1. The normalized spacial score (nSPS) is 11.3. The van der Waals surface area contributed by atoms with Gasteiger partial charge in [-0.1, -0.05) is 53.2 Å². The van der Waals surface area contributed by atoms with Crippen LogP contribution in [0.1, 0.15) is 16.8 Å². The first-order valence-corrected chi connectivity index (χ1v) is 10.1. The van der Waals surface area contributed by atoms with Crippen molar-refractivity contribution >= 4 is 22.5 Å². The summed E-state index contributed by atoms with van der Waals surface area (Å²) < 4.78 is 4.54. The molecule has 0 aliphatic rings. The minimum absolute atomic E-state index is 0.238. The number of hydrogen-bond acceptors (Lipinski definition) is 5. The number of para-hydroxylation sites is 2. The second-order valence-corrected chi connectivity index (χ2v) is 7.64. The van der Waals surface area contributed by atoms with Crippen LogP contribution in [0.3, 0.4) is 0 Å². The van der Waals surface area contributed by atoms with Crippen molar-refractivity contribution in [2.75, 3.05) is 0 Å². The lowest BCUT2D eigenvalue weighted by Crippen LogP contribution is -2.24. The van der Waals surface area contributed by atoms with Gasteiger partial charge in [0, 0.05) is 10.9 Å². The molecule has 0 aliphatic carbocycles. The van der Waals surface area contributed by atoms with Gasteiger partial charge in [0.25, 0.3) is 0 Å². The zero-order valence-electron chi connectivity index (χ0n) is 16.7. The van der Waals surface area contributed by atoms with Crippen molar-refractivity contribution in [3.8, 4) is 5.69 Å². The van der Waals surface area contributed by atoms with Gasteiger partial charge in [-0.2, -0.15) is 9.78 Å². The summed E-state index contributed by atoms with van der Waals surface area (Å²) in [6.45, 7) is 2.71. The van der Waals surface area contributed by atoms with E-state index >= 15 is 0 Å². The van der Waals surface area contributed by atoms with Crippen LogP contribution in [0.5, 0.6) is 0 Å². The van der Waals surface area contributed by atoms with E-state index in [1.807, 2.05) is 61.5 Å². The molecule has 0 atom stereocenters. The zero-order valence-corrected chi connectivity index (χ0v) is 17.4. The molecule has 3 aromatic heterocycles. The van der Waals surface area contributed by atoms with E-state index in [1.165, 1.54) is 15.6 Å². The highest BCUT2D eigenvalue weighted by atomic mass is 35.5. The van der Waals surface area contributed by atoms with Gasteiger partial charge in [-0.15, -0.1) is 5.10 Å². The minimum atomic E-state index is -0.238. The molecular formula is C22H18ClN7O. The van der Waals surface area contributed by atoms with Crippen molar-refractivity contribution in [2.24, 2.45) is 0 Å². The molecular weight excluding hydrogens is 414 g/mol. The SMILES string of the molecule is Cc1cccc2cc(Cn3cc(Cn4cnn(-c5ccccc5)c4=O)nn3)c(Cl)nc12. The molecule has 9 heteroatoms. The predicted octanol–water partition coefficient (Wildman–Crippen LogP) is 3.23. The quantitative estimate of drug-likeness (QED) is 0.399. The number of aromatic nitrogens is 7. The molecule has 0 spiro atoms. The van der Waals surface area contributed by atoms with Gasteiger partial charge >= 0.3 is 5.69 Å². The summed E-state index contributed by atoms with van der Waals surface area (Å²) in [6, 6.07) is 17.3. The molecule has 0 unspecified atom stereocenters. The van der Waals surface area contributed by atoms with Gasteiger partial charge in [0.1, 0.15) is 17.2 Å². The number of hydrogen-bond donors (Lipinski definition) is 0. The molecule has 8 nitrogen and oxygen atoms in total. The number of pyridine rings is 1. The molecule has 0 bridgehead atoms. The highest BCUT2D eigenvalue weighted by molar-refractivity contribution is 6.30. The van der Waals surface area contributed by atoms with Crippen LogP contribution in [-0.4, -0.2) is 34.3 Å². The molecule has 2 aromatic carbocycles. The van der Waals surface area contributed by atoms with Crippen LogP contribution in [0.4, 0.5) is 0 Å². The van der Waals surface area contributed by atoms with Crippen LogP contribution in [0.25, 0.3) is 16.6 Å². The van der Waals surface area contributed by atoms with Gasteiger partial charge in [-0.25, -0.2) is 14.5 Å². The molecule has 0 saturated heterocycles. The van der Waals surface area contributed by atoms with Crippen LogP contribution < -0.4 is 5.69 Å². The lowest BCUT2D eigenvalue weighted by atomic mass is 10.1. The van der Waals surface area contributed by atoms with E-state index in [4.69, 9.17) is 11.6 Å². The number of nitrogens with zero attached hydrogens (tertiary/aromatic N) is 7.